The largest absolute Gasteiger partial charge is 0.495 e. The number of methoxy groups -OCH3 is 1. The lowest BCUT2D eigenvalue weighted by molar-refractivity contribution is 0.104. The number of benzene rings is 2. The number of carbonyl (C=O) groups excluding carboxylic acids is 1. The van der Waals surface area contributed by atoms with Crippen LogP contribution in [0.4, 0.5) is 16.6 Å². The van der Waals surface area contributed by atoms with Crippen molar-refractivity contribution in [2.24, 2.45) is 0 Å². The van der Waals surface area contributed by atoms with E-state index in [0.29, 0.717) is 21.3 Å². The van der Waals surface area contributed by atoms with Crippen molar-refractivity contribution in [3.8, 4) is 5.75 Å². The van der Waals surface area contributed by atoms with Gasteiger partial charge in [-0.2, -0.15) is 0 Å². The maximum absolute atomic E-state index is 12.9. The summed E-state index contributed by atoms with van der Waals surface area (Å²) in [4.78, 5) is 20.8. The number of nitrogens with one attached hydrogen (secondary N) is 2. The van der Waals surface area contributed by atoms with E-state index < -0.39 is 0 Å². The molecule has 2 aromatic carbocycles. The minimum Gasteiger partial charge on any atom is -0.495 e. The highest BCUT2D eigenvalue weighted by molar-refractivity contribution is 7.18. The highest BCUT2D eigenvalue weighted by Gasteiger charge is 2.21. The second kappa shape index (κ2) is 6.53. The minimum atomic E-state index is -0.148. The zero-order valence-corrected chi connectivity index (χ0v) is 14.8. The lowest BCUT2D eigenvalue weighted by Gasteiger charge is -2.07. The van der Waals surface area contributed by atoms with Crippen molar-refractivity contribution in [1.82, 2.24) is 9.97 Å². The molecule has 0 spiro atoms. The number of aromatic amines is 1. The summed E-state index contributed by atoms with van der Waals surface area (Å²) >= 11 is 1.22. The third-order valence-electron chi connectivity index (χ3n) is 4.04. The Balaban J connectivity index is 1.67. The molecule has 0 saturated heterocycles. The second-order valence-corrected chi connectivity index (χ2v) is 6.63. The number of nitrogens with two attached hydrogens (primary N) is 1. The Morgan fingerprint density at radius 1 is 1.19 bits per heavy atom. The molecular formula is C19H16N4O2S. The van der Waals surface area contributed by atoms with Gasteiger partial charge in [-0.25, -0.2) is 4.98 Å². The number of aromatic nitrogens is 2. The van der Waals surface area contributed by atoms with E-state index in [2.05, 4.69) is 15.3 Å². The predicted octanol–water partition coefficient (Wildman–Crippen LogP) is 4.19. The summed E-state index contributed by atoms with van der Waals surface area (Å²) in [5.41, 5.74) is 8.26. The maximum atomic E-state index is 12.9. The van der Waals surface area contributed by atoms with Crippen LogP contribution in [0.5, 0.6) is 5.75 Å². The molecule has 26 heavy (non-hydrogen) atoms. The van der Waals surface area contributed by atoms with E-state index in [1.807, 2.05) is 48.5 Å². The van der Waals surface area contributed by atoms with Crippen LogP contribution >= 0.6 is 11.3 Å². The number of H-pyrrole nitrogens is 1. The van der Waals surface area contributed by atoms with Crippen LogP contribution in [0, 0.1) is 0 Å². The fraction of sp³-hybridized carbons (Fsp3) is 0.0526. The topological polar surface area (TPSA) is 93.0 Å². The Morgan fingerprint density at radius 3 is 2.81 bits per heavy atom. The summed E-state index contributed by atoms with van der Waals surface area (Å²) in [5.74, 6) is 0.749. The molecule has 0 aliphatic carbocycles. The van der Waals surface area contributed by atoms with Crippen LogP contribution in [0.2, 0.25) is 0 Å². The van der Waals surface area contributed by atoms with Gasteiger partial charge < -0.3 is 20.8 Å². The van der Waals surface area contributed by atoms with Gasteiger partial charge in [0.05, 0.1) is 12.8 Å². The molecule has 4 aromatic rings. The van der Waals surface area contributed by atoms with Crippen molar-refractivity contribution < 1.29 is 9.53 Å². The Labute approximate surface area is 153 Å². The molecule has 0 radical (unpaired) electrons. The Kier molecular flexibility index (Phi) is 4.06. The SMILES string of the molecule is COc1ccccc1Nc1nc(N)c(C(=O)c2c[nH]c3ccccc23)s1. The summed E-state index contributed by atoms with van der Waals surface area (Å²) in [7, 11) is 1.60. The molecular weight excluding hydrogens is 348 g/mol. The first-order valence-electron chi connectivity index (χ1n) is 7.94. The van der Waals surface area contributed by atoms with Gasteiger partial charge in [-0.3, -0.25) is 4.79 Å². The fourth-order valence-corrected chi connectivity index (χ4v) is 3.64. The quantitative estimate of drug-likeness (QED) is 0.462. The van der Waals surface area contributed by atoms with Crippen LogP contribution in [0.15, 0.2) is 54.7 Å². The highest BCUT2D eigenvalue weighted by atomic mass is 32.1. The average molecular weight is 364 g/mol. The molecule has 2 aromatic heterocycles. The number of nitrogen functional groups attached to an aromatic ring is 1. The average Bonchev–Trinajstić information content (AvgIpc) is 3.25. The first-order valence-corrected chi connectivity index (χ1v) is 8.76. The number of carbonyl (C=O) groups is 1. The third-order valence-corrected chi connectivity index (χ3v) is 5.03. The number of ether oxygens (including phenoxy) is 1. The van der Waals surface area contributed by atoms with Gasteiger partial charge in [-0.05, 0) is 18.2 Å². The standard InChI is InChI=1S/C19H16N4O2S/c1-25-15-9-5-4-8-14(15)22-19-23-18(20)17(26-19)16(24)12-10-21-13-7-3-2-6-11(12)13/h2-10,21H,20H2,1H3,(H,22,23). The first kappa shape index (κ1) is 16.2. The van der Waals surface area contributed by atoms with Crippen molar-refractivity contribution in [2.75, 3.05) is 18.2 Å². The molecule has 130 valence electrons. The molecule has 0 bridgehead atoms. The van der Waals surface area contributed by atoms with Gasteiger partial charge in [0.15, 0.2) is 5.13 Å². The van der Waals surface area contributed by atoms with E-state index in [4.69, 9.17) is 10.5 Å². The number of hydrogen-bond acceptors (Lipinski definition) is 6. The molecule has 0 atom stereocenters. The normalized spacial score (nSPS) is 10.8. The summed E-state index contributed by atoms with van der Waals surface area (Å²) < 4.78 is 5.32. The van der Waals surface area contributed by atoms with E-state index in [-0.39, 0.29) is 11.6 Å². The van der Waals surface area contributed by atoms with Gasteiger partial charge in [-0.15, -0.1) is 0 Å². The molecule has 0 aliphatic heterocycles. The lowest BCUT2D eigenvalue weighted by Crippen LogP contribution is -2.01. The summed E-state index contributed by atoms with van der Waals surface area (Å²) in [5, 5.41) is 4.57. The van der Waals surface area contributed by atoms with E-state index >= 15 is 0 Å². The number of ketones is 1. The summed E-state index contributed by atoms with van der Waals surface area (Å²) in [6.07, 6.45) is 1.71. The van der Waals surface area contributed by atoms with Crippen molar-refractivity contribution in [2.45, 2.75) is 0 Å². The van der Waals surface area contributed by atoms with Gasteiger partial charge >= 0.3 is 0 Å². The minimum absolute atomic E-state index is 0.148. The Bertz CT molecular complexity index is 1100. The van der Waals surface area contributed by atoms with Crippen molar-refractivity contribution in [3.05, 3.63) is 65.2 Å². The Morgan fingerprint density at radius 2 is 1.96 bits per heavy atom. The van der Waals surface area contributed by atoms with Gasteiger partial charge in [0.2, 0.25) is 5.78 Å². The van der Waals surface area contributed by atoms with Gasteiger partial charge in [0.25, 0.3) is 0 Å². The molecule has 4 rings (SSSR count). The number of nitrogens with zero attached hydrogens (tertiary/aromatic N) is 1. The summed E-state index contributed by atoms with van der Waals surface area (Å²) in [6.45, 7) is 0. The monoisotopic (exact) mass is 364 g/mol. The first-order chi connectivity index (χ1) is 12.7. The number of hydrogen-bond donors (Lipinski definition) is 3. The van der Waals surface area contributed by atoms with Crippen LogP contribution in [-0.2, 0) is 0 Å². The molecule has 0 aliphatic rings. The molecule has 4 N–H and O–H groups in total. The third kappa shape index (κ3) is 2.78. The number of fused-ring (bicyclic) bond motifs is 1. The van der Waals surface area contributed by atoms with E-state index in [9.17, 15) is 4.79 Å². The van der Waals surface area contributed by atoms with Crippen LogP contribution < -0.4 is 15.8 Å². The van der Waals surface area contributed by atoms with Gasteiger partial charge in [0, 0.05) is 22.7 Å². The lowest BCUT2D eigenvalue weighted by atomic mass is 10.1. The molecule has 0 amide bonds. The smallest absolute Gasteiger partial charge is 0.208 e. The molecule has 6 nitrogen and oxygen atoms in total. The van der Waals surface area contributed by atoms with Crippen LogP contribution in [0.25, 0.3) is 10.9 Å². The van der Waals surface area contributed by atoms with Crippen LogP contribution in [-0.4, -0.2) is 22.9 Å². The molecule has 0 fully saturated rings. The maximum Gasteiger partial charge on any atom is 0.208 e. The van der Waals surface area contributed by atoms with Gasteiger partial charge in [-0.1, -0.05) is 41.7 Å². The Hall–Kier alpha value is -3.32. The fourth-order valence-electron chi connectivity index (χ4n) is 2.79. The number of thiazole rings is 1. The zero-order chi connectivity index (χ0) is 18.1. The van der Waals surface area contributed by atoms with Crippen molar-refractivity contribution >= 4 is 44.7 Å². The molecule has 2 heterocycles. The number of para-hydroxylation sites is 3. The zero-order valence-electron chi connectivity index (χ0n) is 13.9. The summed E-state index contributed by atoms with van der Waals surface area (Å²) in [6, 6.07) is 15.1. The van der Waals surface area contributed by atoms with E-state index in [0.717, 1.165) is 16.6 Å². The van der Waals surface area contributed by atoms with Gasteiger partial charge in [0.1, 0.15) is 16.4 Å². The van der Waals surface area contributed by atoms with Crippen LogP contribution in [0.1, 0.15) is 15.2 Å². The van der Waals surface area contributed by atoms with E-state index in [1.165, 1.54) is 11.3 Å². The van der Waals surface area contributed by atoms with Crippen molar-refractivity contribution in [3.63, 3.8) is 0 Å². The molecule has 0 unspecified atom stereocenters. The molecule has 7 heteroatoms. The molecule has 0 saturated carbocycles. The van der Waals surface area contributed by atoms with Crippen molar-refractivity contribution in [1.29, 1.82) is 0 Å². The second-order valence-electron chi connectivity index (χ2n) is 5.64. The van der Waals surface area contributed by atoms with E-state index in [1.54, 1.807) is 13.3 Å². The number of rotatable bonds is 5. The van der Waals surface area contributed by atoms with Crippen LogP contribution in [0.3, 0.4) is 0 Å². The number of anilines is 3. The predicted molar refractivity (Wildman–Crippen MR) is 105 cm³/mol. The highest BCUT2D eigenvalue weighted by Crippen LogP contribution is 2.33.